The minimum Gasteiger partial charge on any atom is -0.495 e. The first kappa shape index (κ1) is 21.8. The molecule has 0 radical (unpaired) electrons. The quantitative estimate of drug-likeness (QED) is 0.512. The highest BCUT2D eigenvalue weighted by Crippen LogP contribution is 2.28. The van der Waals surface area contributed by atoms with Gasteiger partial charge in [0.15, 0.2) is 0 Å². The molecule has 31 heavy (non-hydrogen) atoms. The number of amides is 3. The number of halogens is 2. The van der Waals surface area contributed by atoms with E-state index in [0.29, 0.717) is 22.2 Å². The predicted molar refractivity (Wildman–Crippen MR) is 115 cm³/mol. The number of hydrogen-bond acceptors (Lipinski definition) is 5. The van der Waals surface area contributed by atoms with Crippen molar-refractivity contribution in [3.63, 3.8) is 0 Å². The van der Waals surface area contributed by atoms with Gasteiger partial charge in [-0.3, -0.25) is 9.78 Å². The first-order chi connectivity index (χ1) is 14.9. The van der Waals surface area contributed by atoms with Gasteiger partial charge in [-0.05, 0) is 30.3 Å². The lowest BCUT2D eigenvalue weighted by Gasteiger charge is -2.11. The van der Waals surface area contributed by atoms with Crippen LogP contribution in [0, 0.1) is 5.82 Å². The molecule has 0 saturated heterocycles. The zero-order valence-electron chi connectivity index (χ0n) is 16.5. The molecule has 3 N–H and O–H groups in total. The number of urea groups is 1. The molecule has 0 aliphatic heterocycles. The highest BCUT2D eigenvalue weighted by molar-refractivity contribution is 6.32. The summed E-state index contributed by atoms with van der Waals surface area (Å²) in [7, 11) is 2.94. The van der Waals surface area contributed by atoms with Crippen LogP contribution in [-0.4, -0.2) is 31.1 Å². The van der Waals surface area contributed by atoms with Gasteiger partial charge in [0.1, 0.15) is 28.8 Å². The Bertz CT molecular complexity index is 1130. The van der Waals surface area contributed by atoms with Crippen molar-refractivity contribution in [2.45, 2.75) is 0 Å². The van der Waals surface area contributed by atoms with Crippen LogP contribution in [0.15, 0.2) is 54.7 Å². The van der Waals surface area contributed by atoms with Crippen LogP contribution in [-0.2, 0) is 0 Å². The maximum atomic E-state index is 14.4. The second kappa shape index (κ2) is 9.77. The Kier molecular flexibility index (Phi) is 6.88. The molecule has 2 aromatic carbocycles. The predicted octanol–water partition coefficient (Wildman–Crippen LogP) is 4.68. The van der Waals surface area contributed by atoms with Gasteiger partial charge in [-0.15, -0.1) is 0 Å². The summed E-state index contributed by atoms with van der Waals surface area (Å²) in [4.78, 5) is 27.8. The molecule has 0 aliphatic rings. The van der Waals surface area contributed by atoms with Gasteiger partial charge in [0, 0.05) is 37.1 Å². The van der Waals surface area contributed by atoms with Crippen LogP contribution in [0.3, 0.4) is 0 Å². The van der Waals surface area contributed by atoms with Crippen molar-refractivity contribution in [1.82, 2.24) is 10.3 Å². The molecule has 0 fully saturated rings. The standard InChI is InChI=1S/C21H18ClFN4O4/c1-24-20(28)18-11-14(7-8-25-18)31-13-4-6-17(16(23)10-13)27-21(29)26-12-3-5-15(22)19(9-12)30-2/h3-11H,1-2H3,(H,24,28)(H2,26,27,29). The van der Waals surface area contributed by atoms with E-state index in [1.807, 2.05) is 0 Å². The molecule has 1 heterocycles. The number of carbonyl (C=O) groups excluding carboxylic acids is 2. The summed E-state index contributed by atoms with van der Waals surface area (Å²) >= 11 is 5.95. The fourth-order valence-electron chi connectivity index (χ4n) is 2.55. The number of carbonyl (C=O) groups is 2. The average molecular weight is 445 g/mol. The van der Waals surface area contributed by atoms with Crippen LogP contribution in [0.4, 0.5) is 20.6 Å². The highest BCUT2D eigenvalue weighted by atomic mass is 35.5. The molecule has 0 atom stereocenters. The minimum absolute atomic E-state index is 0.0495. The summed E-state index contributed by atoms with van der Waals surface area (Å²) in [5.41, 5.74) is 0.532. The van der Waals surface area contributed by atoms with E-state index in [-0.39, 0.29) is 23.0 Å². The van der Waals surface area contributed by atoms with Crippen LogP contribution < -0.4 is 25.4 Å². The molecule has 3 aromatic rings. The topological polar surface area (TPSA) is 102 Å². The number of nitrogens with one attached hydrogen (secondary N) is 3. The zero-order chi connectivity index (χ0) is 22.4. The molecule has 0 bridgehead atoms. The van der Waals surface area contributed by atoms with Gasteiger partial charge in [-0.2, -0.15) is 0 Å². The lowest BCUT2D eigenvalue weighted by molar-refractivity contribution is 0.0958. The number of aromatic nitrogens is 1. The molecule has 0 aliphatic carbocycles. The SMILES string of the molecule is CNC(=O)c1cc(Oc2ccc(NC(=O)Nc3ccc(Cl)c(OC)c3)c(F)c2)ccn1. The molecule has 8 nitrogen and oxygen atoms in total. The average Bonchev–Trinajstić information content (AvgIpc) is 2.76. The van der Waals surface area contributed by atoms with Gasteiger partial charge in [0.2, 0.25) is 0 Å². The molecular formula is C21H18ClFN4O4. The van der Waals surface area contributed by atoms with Gasteiger partial charge >= 0.3 is 6.03 Å². The number of nitrogens with zero attached hydrogens (tertiary/aromatic N) is 1. The third-order valence-electron chi connectivity index (χ3n) is 4.02. The number of methoxy groups -OCH3 is 1. The number of pyridine rings is 1. The maximum absolute atomic E-state index is 14.4. The normalized spacial score (nSPS) is 10.2. The smallest absolute Gasteiger partial charge is 0.323 e. The fraction of sp³-hybridized carbons (Fsp3) is 0.0952. The third kappa shape index (κ3) is 5.61. The summed E-state index contributed by atoms with van der Waals surface area (Å²) < 4.78 is 25.1. The molecule has 1 aromatic heterocycles. The lowest BCUT2D eigenvalue weighted by Crippen LogP contribution is -2.20. The summed E-state index contributed by atoms with van der Waals surface area (Å²) in [6, 6.07) is 10.9. The highest BCUT2D eigenvalue weighted by Gasteiger charge is 2.11. The van der Waals surface area contributed by atoms with Crippen LogP contribution in [0.1, 0.15) is 10.5 Å². The summed E-state index contributed by atoms with van der Waals surface area (Å²) in [6.07, 6.45) is 1.41. The van der Waals surface area contributed by atoms with Gasteiger partial charge in [-0.1, -0.05) is 11.6 Å². The Morgan fingerprint density at radius 3 is 2.52 bits per heavy atom. The third-order valence-corrected chi connectivity index (χ3v) is 4.34. The molecule has 160 valence electrons. The zero-order valence-corrected chi connectivity index (χ0v) is 17.3. The fourth-order valence-corrected chi connectivity index (χ4v) is 2.74. The molecule has 3 amide bonds. The van der Waals surface area contributed by atoms with Crippen molar-refractivity contribution in [2.75, 3.05) is 24.8 Å². The van der Waals surface area contributed by atoms with E-state index in [2.05, 4.69) is 20.9 Å². The van der Waals surface area contributed by atoms with Crippen molar-refractivity contribution in [3.8, 4) is 17.2 Å². The molecule has 3 rings (SSSR count). The number of rotatable bonds is 6. The second-order valence-corrected chi connectivity index (χ2v) is 6.54. The first-order valence-corrected chi connectivity index (χ1v) is 9.34. The van der Waals surface area contributed by atoms with Gasteiger partial charge < -0.3 is 25.4 Å². The summed E-state index contributed by atoms with van der Waals surface area (Å²) in [5.74, 6) is -0.201. The summed E-state index contributed by atoms with van der Waals surface area (Å²) in [5, 5.41) is 7.83. The molecular weight excluding hydrogens is 427 g/mol. The van der Waals surface area contributed by atoms with Crippen LogP contribution >= 0.6 is 11.6 Å². The summed E-state index contributed by atoms with van der Waals surface area (Å²) in [6.45, 7) is 0. The number of anilines is 2. The first-order valence-electron chi connectivity index (χ1n) is 8.96. The number of benzene rings is 2. The second-order valence-electron chi connectivity index (χ2n) is 6.13. The van der Waals surface area contributed by atoms with E-state index < -0.39 is 11.8 Å². The van der Waals surface area contributed by atoms with E-state index in [9.17, 15) is 14.0 Å². The van der Waals surface area contributed by atoms with Crippen LogP contribution in [0.25, 0.3) is 0 Å². The van der Waals surface area contributed by atoms with Crippen LogP contribution in [0.2, 0.25) is 5.02 Å². The van der Waals surface area contributed by atoms with Crippen molar-refractivity contribution >= 4 is 34.9 Å². The number of ether oxygens (including phenoxy) is 2. The Hall–Kier alpha value is -3.85. The Labute approximate surface area is 182 Å². The maximum Gasteiger partial charge on any atom is 0.323 e. The van der Waals surface area contributed by atoms with Gasteiger partial charge in [0.25, 0.3) is 5.91 Å². The van der Waals surface area contributed by atoms with Gasteiger partial charge in [-0.25, -0.2) is 9.18 Å². The molecule has 0 spiro atoms. The molecule has 10 heteroatoms. The van der Waals surface area contributed by atoms with Gasteiger partial charge in [0.05, 0.1) is 17.8 Å². The van der Waals surface area contributed by atoms with E-state index in [0.717, 1.165) is 6.07 Å². The Morgan fingerprint density at radius 1 is 1.03 bits per heavy atom. The minimum atomic E-state index is -0.707. The molecule has 0 saturated carbocycles. The monoisotopic (exact) mass is 444 g/mol. The lowest BCUT2D eigenvalue weighted by atomic mass is 10.2. The van der Waals surface area contributed by atoms with E-state index in [1.165, 1.54) is 50.7 Å². The largest absolute Gasteiger partial charge is 0.495 e. The Morgan fingerprint density at radius 2 is 1.81 bits per heavy atom. The van der Waals surface area contributed by atoms with Crippen molar-refractivity contribution < 1.29 is 23.5 Å². The van der Waals surface area contributed by atoms with Crippen molar-refractivity contribution in [1.29, 1.82) is 0 Å². The van der Waals surface area contributed by atoms with Crippen molar-refractivity contribution in [3.05, 3.63) is 71.3 Å². The Balaban J connectivity index is 1.67. The van der Waals surface area contributed by atoms with E-state index >= 15 is 0 Å². The van der Waals surface area contributed by atoms with Crippen molar-refractivity contribution in [2.24, 2.45) is 0 Å². The number of hydrogen-bond donors (Lipinski definition) is 3. The van der Waals surface area contributed by atoms with E-state index in [1.54, 1.807) is 12.1 Å². The van der Waals surface area contributed by atoms with Crippen LogP contribution in [0.5, 0.6) is 17.2 Å². The van der Waals surface area contributed by atoms with E-state index in [4.69, 9.17) is 21.1 Å². The molecule has 0 unspecified atom stereocenters.